The Balaban J connectivity index is 2.00. The maximum atomic E-state index is 4.73. The van der Waals surface area contributed by atoms with E-state index in [1.54, 1.807) is 0 Å². The van der Waals surface area contributed by atoms with Crippen LogP contribution < -0.4 is 4.90 Å². The number of aryl methyl sites for hydroxylation is 4. The summed E-state index contributed by atoms with van der Waals surface area (Å²) in [6.07, 6.45) is 6.95. The summed E-state index contributed by atoms with van der Waals surface area (Å²) < 4.78 is 0. The van der Waals surface area contributed by atoms with Crippen molar-refractivity contribution >= 4 is 17.3 Å². The molecule has 0 N–H and O–H groups in total. The van der Waals surface area contributed by atoms with Crippen molar-refractivity contribution in [3.05, 3.63) is 77.1 Å². The smallest absolute Gasteiger partial charge is 0.141 e. The number of rotatable bonds is 1. The van der Waals surface area contributed by atoms with Gasteiger partial charge >= 0.3 is 0 Å². The van der Waals surface area contributed by atoms with E-state index in [9.17, 15) is 0 Å². The first-order chi connectivity index (χ1) is 11.7. The number of nitrogens with zero attached hydrogens (tertiary/aromatic N) is 3. The third-order valence-corrected chi connectivity index (χ3v) is 4.64. The predicted molar refractivity (Wildman–Crippen MR) is 98.2 cm³/mol. The van der Waals surface area contributed by atoms with Crippen molar-refractivity contribution in [1.82, 2.24) is 9.97 Å². The molecule has 0 aliphatic carbocycles. The fourth-order valence-corrected chi connectivity index (χ4v) is 3.51. The van der Waals surface area contributed by atoms with E-state index in [0.717, 1.165) is 36.6 Å². The Kier molecular flexibility index (Phi) is 3.77. The molecule has 3 heterocycles. The highest BCUT2D eigenvalue weighted by atomic mass is 15.2. The van der Waals surface area contributed by atoms with Gasteiger partial charge < -0.3 is 0 Å². The average molecular weight is 315 g/mol. The number of benzene rings is 1. The highest BCUT2D eigenvalue weighted by molar-refractivity contribution is 5.78. The van der Waals surface area contributed by atoms with Crippen LogP contribution in [-0.4, -0.2) is 9.97 Å². The van der Waals surface area contributed by atoms with Crippen LogP contribution in [0.4, 0.5) is 17.3 Å². The summed E-state index contributed by atoms with van der Waals surface area (Å²) in [6.45, 7) is 4.29. The minimum absolute atomic E-state index is 1.00. The summed E-state index contributed by atoms with van der Waals surface area (Å²) >= 11 is 0. The van der Waals surface area contributed by atoms with E-state index in [2.05, 4.69) is 49.1 Å². The summed E-state index contributed by atoms with van der Waals surface area (Å²) in [4.78, 5) is 11.7. The molecular formula is C21H21N3. The van der Waals surface area contributed by atoms with Gasteiger partial charge in [0.25, 0.3) is 0 Å². The number of aromatic nitrogens is 2. The largest absolute Gasteiger partial charge is 0.278 e. The number of pyridine rings is 2. The Hall–Kier alpha value is -2.68. The molecule has 0 saturated heterocycles. The second-order valence-electron chi connectivity index (χ2n) is 6.45. The van der Waals surface area contributed by atoms with Crippen molar-refractivity contribution in [1.29, 1.82) is 0 Å². The van der Waals surface area contributed by atoms with Crippen LogP contribution in [0.3, 0.4) is 0 Å². The summed E-state index contributed by atoms with van der Waals surface area (Å²) in [7, 11) is 0. The molecule has 120 valence electrons. The SMILES string of the molecule is Cc1ccc(N2c3ncccc3CCCc3cccnc32)c(C)c1. The topological polar surface area (TPSA) is 29.0 Å². The maximum absolute atomic E-state index is 4.73. The lowest BCUT2D eigenvalue weighted by Crippen LogP contribution is -2.19. The van der Waals surface area contributed by atoms with Crippen LogP contribution in [0, 0.1) is 13.8 Å². The first kappa shape index (κ1) is 14.9. The van der Waals surface area contributed by atoms with Crippen LogP contribution in [0.1, 0.15) is 28.7 Å². The molecule has 3 aromatic rings. The third-order valence-electron chi connectivity index (χ3n) is 4.64. The Morgan fingerprint density at radius 2 is 1.46 bits per heavy atom. The number of anilines is 3. The monoisotopic (exact) mass is 315 g/mol. The lowest BCUT2D eigenvalue weighted by atomic mass is 10.00. The van der Waals surface area contributed by atoms with Crippen LogP contribution in [-0.2, 0) is 12.8 Å². The number of hydrogen-bond acceptors (Lipinski definition) is 3. The Morgan fingerprint density at radius 1 is 0.833 bits per heavy atom. The van der Waals surface area contributed by atoms with Gasteiger partial charge in [0.1, 0.15) is 11.6 Å². The Bertz CT molecular complexity index is 838. The Labute approximate surface area is 143 Å². The molecule has 0 atom stereocenters. The zero-order chi connectivity index (χ0) is 16.5. The molecular weight excluding hydrogens is 294 g/mol. The van der Waals surface area contributed by atoms with Crippen molar-refractivity contribution in [2.45, 2.75) is 33.1 Å². The third kappa shape index (κ3) is 2.56. The van der Waals surface area contributed by atoms with Crippen LogP contribution in [0.15, 0.2) is 54.9 Å². The number of fused-ring (bicyclic) bond motifs is 2. The molecule has 0 spiro atoms. The molecule has 1 aliphatic heterocycles. The maximum Gasteiger partial charge on any atom is 0.141 e. The van der Waals surface area contributed by atoms with Crippen molar-refractivity contribution in [3.63, 3.8) is 0 Å². The van der Waals surface area contributed by atoms with E-state index < -0.39 is 0 Å². The van der Waals surface area contributed by atoms with Gasteiger partial charge in [0.2, 0.25) is 0 Å². The minimum atomic E-state index is 1.00. The average Bonchev–Trinajstić information content (AvgIpc) is 2.57. The van der Waals surface area contributed by atoms with Crippen molar-refractivity contribution in [2.75, 3.05) is 4.90 Å². The van der Waals surface area contributed by atoms with Crippen molar-refractivity contribution in [2.24, 2.45) is 0 Å². The molecule has 24 heavy (non-hydrogen) atoms. The second kappa shape index (κ2) is 6.08. The summed E-state index contributed by atoms with van der Waals surface area (Å²) in [5.74, 6) is 2.01. The molecule has 0 saturated carbocycles. The van der Waals surface area contributed by atoms with Gasteiger partial charge in [-0.05, 0) is 68.0 Å². The molecule has 4 rings (SSSR count). The summed E-state index contributed by atoms with van der Waals surface area (Å²) in [6, 6.07) is 15.0. The van der Waals surface area contributed by atoms with Crippen LogP contribution in [0.2, 0.25) is 0 Å². The molecule has 1 aliphatic rings. The quantitative estimate of drug-likeness (QED) is 0.629. The Morgan fingerprint density at radius 3 is 2.04 bits per heavy atom. The van der Waals surface area contributed by atoms with E-state index in [0.29, 0.717) is 0 Å². The fourth-order valence-electron chi connectivity index (χ4n) is 3.51. The van der Waals surface area contributed by atoms with E-state index in [1.165, 1.54) is 22.3 Å². The van der Waals surface area contributed by atoms with E-state index >= 15 is 0 Å². The van der Waals surface area contributed by atoms with Crippen LogP contribution in [0.25, 0.3) is 0 Å². The van der Waals surface area contributed by atoms with Crippen molar-refractivity contribution < 1.29 is 0 Å². The standard InChI is InChI=1S/C21H21N3/c1-15-10-11-19(16(2)14-15)24-20-17(8-4-12-22-20)6-3-7-18-9-5-13-23-21(18)24/h4-5,8-14H,3,6-7H2,1-2H3. The molecule has 0 unspecified atom stereocenters. The van der Waals surface area contributed by atoms with Gasteiger partial charge in [-0.2, -0.15) is 0 Å². The van der Waals surface area contributed by atoms with E-state index in [1.807, 2.05) is 24.5 Å². The van der Waals surface area contributed by atoms with Gasteiger partial charge in [0.05, 0.1) is 5.69 Å². The fraction of sp³-hybridized carbons (Fsp3) is 0.238. The first-order valence-electron chi connectivity index (χ1n) is 8.49. The van der Waals surface area contributed by atoms with Crippen molar-refractivity contribution in [3.8, 4) is 0 Å². The van der Waals surface area contributed by atoms with E-state index in [4.69, 9.17) is 9.97 Å². The highest BCUT2D eigenvalue weighted by Crippen LogP contribution is 2.39. The van der Waals surface area contributed by atoms with Gasteiger partial charge in [-0.3, -0.25) is 4.90 Å². The normalized spacial score (nSPS) is 13.7. The van der Waals surface area contributed by atoms with Crippen LogP contribution in [0.5, 0.6) is 0 Å². The highest BCUT2D eigenvalue weighted by Gasteiger charge is 2.23. The molecule has 0 amide bonds. The zero-order valence-electron chi connectivity index (χ0n) is 14.2. The molecule has 0 bridgehead atoms. The second-order valence-corrected chi connectivity index (χ2v) is 6.45. The summed E-state index contributed by atoms with van der Waals surface area (Å²) in [5.41, 5.74) is 6.24. The number of hydrogen-bond donors (Lipinski definition) is 0. The summed E-state index contributed by atoms with van der Waals surface area (Å²) in [5, 5.41) is 0. The van der Waals surface area contributed by atoms with Gasteiger partial charge in [-0.15, -0.1) is 0 Å². The first-order valence-corrected chi connectivity index (χ1v) is 8.49. The molecule has 2 aromatic heterocycles. The minimum Gasteiger partial charge on any atom is -0.278 e. The van der Waals surface area contributed by atoms with Crippen LogP contribution >= 0.6 is 0 Å². The van der Waals surface area contributed by atoms with Gasteiger partial charge in [-0.25, -0.2) is 9.97 Å². The molecule has 0 fully saturated rings. The molecule has 3 nitrogen and oxygen atoms in total. The van der Waals surface area contributed by atoms with Gasteiger partial charge in [-0.1, -0.05) is 29.8 Å². The zero-order valence-corrected chi connectivity index (χ0v) is 14.2. The molecule has 3 heteroatoms. The molecule has 1 aromatic carbocycles. The lowest BCUT2D eigenvalue weighted by molar-refractivity contribution is 0.798. The van der Waals surface area contributed by atoms with E-state index in [-0.39, 0.29) is 0 Å². The molecule has 0 radical (unpaired) electrons. The van der Waals surface area contributed by atoms with Gasteiger partial charge in [0.15, 0.2) is 0 Å². The van der Waals surface area contributed by atoms with Gasteiger partial charge in [0, 0.05) is 12.4 Å². The predicted octanol–water partition coefficient (Wildman–Crippen LogP) is 5.05. The lowest BCUT2D eigenvalue weighted by Gasteiger charge is -2.30.